The van der Waals surface area contributed by atoms with Gasteiger partial charge in [0.15, 0.2) is 0 Å². The average Bonchev–Trinajstić information content (AvgIpc) is 1.80. The lowest BCUT2D eigenvalue weighted by Gasteiger charge is -2.44. The summed E-state index contributed by atoms with van der Waals surface area (Å²) in [6, 6.07) is 0. The molecule has 1 fully saturated rings. The van der Waals surface area contributed by atoms with Crippen LogP contribution in [0.2, 0.25) is 0 Å². The topological polar surface area (TPSA) is 40.5 Å². The maximum Gasteiger partial charge on any atom is 0.0882 e. The second-order valence-corrected chi connectivity index (χ2v) is 3.79. The predicted molar refractivity (Wildman–Crippen MR) is 39.6 cm³/mol. The zero-order chi connectivity index (χ0) is 7.78. The molecule has 0 atom stereocenters. The van der Waals surface area contributed by atoms with E-state index >= 15 is 0 Å². The average molecular weight is 144 g/mol. The molecule has 2 heteroatoms. The molecular weight excluding hydrogens is 128 g/mol. The fourth-order valence-corrected chi connectivity index (χ4v) is 1.52. The van der Waals surface area contributed by atoms with Crippen molar-refractivity contribution in [2.24, 2.45) is 11.8 Å². The summed E-state index contributed by atoms with van der Waals surface area (Å²) in [6.45, 7) is 4.24. The molecule has 0 heterocycles. The highest BCUT2D eigenvalue weighted by Gasteiger charge is 2.42. The summed E-state index contributed by atoms with van der Waals surface area (Å²) in [5.41, 5.74) is -0.727. The standard InChI is InChI=1S/C8H16O2/c1-6(2)7-3-8(10,4-7)5-9/h6-7,9-10H,3-5H2,1-2H3/t7-,8+. The van der Waals surface area contributed by atoms with Crippen molar-refractivity contribution in [1.29, 1.82) is 0 Å². The van der Waals surface area contributed by atoms with Gasteiger partial charge in [0.25, 0.3) is 0 Å². The molecule has 0 aromatic carbocycles. The van der Waals surface area contributed by atoms with Crippen molar-refractivity contribution in [2.45, 2.75) is 32.3 Å². The molecule has 0 spiro atoms. The number of rotatable bonds is 2. The smallest absolute Gasteiger partial charge is 0.0882 e. The molecule has 10 heavy (non-hydrogen) atoms. The van der Waals surface area contributed by atoms with Crippen LogP contribution >= 0.6 is 0 Å². The van der Waals surface area contributed by atoms with Gasteiger partial charge < -0.3 is 10.2 Å². The Balaban J connectivity index is 2.29. The van der Waals surface area contributed by atoms with Gasteiger partial charge in [0.2, 0.25) is 0 Å². The molecule has 0 aliphatic heterocycles. The molecule has 0 unspecified atom stereocenters. The highest BCUT2D eigenvalue weighted by molar-refractivity contribution is 4.94. The summed E-state index contributed by atoms with van der Waals surface area (Å²) in [6.07, 6.45) is 1.56. The van der Waals surface area contributed by atoms with Crippen LogP contribution in [0, 0.1) is 11.8 Å². The summed E-state index contributed by atoms with van der Waals surface area (Å²) in [4.78, 5) is 0. The maximum absolute atomic E-state index is 9.39. The molecule has 60 valence electrons. The van der Waals surface area contributed by atoms with E-state index in [1.807, 2.05) is 0 Å². The van der Waals surface area contributed by atoms with Crippen molar-refractivity contribution in [1.82, 2.24) is 0 Å². The number of aliphatic hydroxyl groups excluding tert-OH is 1. The minimum atomic E-state index is -0.727. The van der Waals surface area contributed by atoms with Gasteiger partial charge in [0.1, 0.15) is 0 Å². The van der Waals surface area contributed by atoms with Crippen molar-refractivity contribution in [3.05, 3.63) is 0 Å². The van der Waals surface area contributed by atoms with E-state index in [1.165, 1.54) is 0 Å². The normalized spacial score (nSPS) is 39.9. The Morgan fingerprint density at radius 1 is 1.50 bits per heavy atom. The molecule has 0 saturated heterocycles. The third-order valence-electron chi connectivity index (χ3n) is 2.52. The second-order valence-electron chi connectivity index (χ2n) is 3.79. The van der Waals surface area contributed by atoms with Crippen LogP contribution in [0.5, 0.6) is 0 Å². The first kappa shape index (κ1) is 8.02. The van der Waals surface area contributed by atoms with Gasteiger partial charge in [-0.25, -0.2) is 0 Å². The molecule has 1 rings (SSSR count). The van der Waals surface area contributed by atoms with E-state index in [2.05, 4.69) is 13.8 Å². The Morgan fingerprint density at radius 2 is 2.00 bits per heavy atom. The molecule has 0 radical (unpaired) electrons. The third kappa shape index (κ3) is 1.32. The van der Waals surface area contributed by atoms with Gasteiger partial charge in [0.05, 0.1) is 12.2 Å². The van der Waals surface area contributed by atoms with Crippen molar-refractivity contribution in [3.8, 4) is 0 Å². The van der Waals surface area contributed by atoms with E-state index in [0.717, 1.165) is 12.8 Å². The summed E-state index contributed by atoms with van der Waals surface area (Å²) in [5, 5.41) is 18.1. The van der Waals surface area contributed by atoms with Crippen LogP contribution in [0.3, 0.4) is 0 Å². The third-order valence-corrected chi connectivity index (χ3v) is 2.52. The van der Waals surface area contributed by atoms with Gasteiger partial charge in [0, 0.05) is 0 Å². The summed E-state index contributed by atoms with van der Waals surface area (Å²) in [5.74, 6) is 1.27. The minimum absolute atomic E-state index is 0.0732. The Kier molecular flexibility index (Phi) is 2.02. The first-order valence-electron chi connectivity index (χ1n) is 3.91. The van der Waals surface area contributed by atoms with E-state index in [4.69, 9.17) is 5.11 Å². The maximum atomic E-state index is 9.39. The lowest BCUT2D eigenvalue weighted by molar-refractivity contribution is -0.117. The number of hydrogen-bond acceptors (Lipinski definition) is 2. The van der Waals surface area contributed by atoms with Gasteiger partial charge in [-0.05, 0) is 24.7 Å². The van der Waals surface area contributed by atoms with Crippen LogP contribution in [0.25, 0.3) is 0 Å². The number of aliphatic hydroxyl groups is 2. The fourth-order valence-electron chi connectivity index (χ4n) is 1.52. The van der Waals surface area contributed by atoms with Crippen molar-refractivity contribution >= 4 is 0 Å². The summed E-state index contributed by atoms with van der Waals surface area (Å²) < 4.78 is 0. The van der Waals surface area contributed by atoms with E-state index < -0.39 is 5.60 Å². The first-order valence-corrected chi connectivity index (χ1v) is 3.91. The molecule has 2 N–H and O–H groups in total. The molecule has 1 aliphatic carbocycles. The van der Waals surface area contributed by atoms with E-state index in [1.54, 1.807) is 0 Å². The lowest BCUT2D eigenvalue weighted by Crippen LogP contribution is -2.48. The highest BCUT2D eigenvalue weighted by atomic mass is 16.3. The van der Waals surface area contributed by atoms with E-state index in [0.29, 0.717) is 11.8 Å². The molecule has 0 aromatic rings. The molecule has 0 bridgehead atoms. The molecule has 0 aromatic heterocycles. The first-order chi connectivity index (χ1) is 4.57. The number of hydrogen-bond donors (Lipinski definition) is 2. The SMILES string of the molecule is CC(C)[C@H]1C[C@](O)(CO)C1. The van der Waals surface area contributed by atoms with Crippen LogP contribution in [0.1, 0.15) is 26.7 Å². The highest BCUT2D eigenvalue weighted by Crippen LogP contribution is 2.41. The zero-order valence-electron chi connectivity index (χ0n) is 6.67. The van der Waals surface area contributed by atoms with Gasteiger partial charge in [-0.2, -0.15) is 0 Å². The van der Waals surface area contributed by atoms with E-state index in [-0.39, 0.29) is 6.61 Å². The molecule has 2 nitrogen and oxygen atoms in total. The van der Waals surface area contributed by atoms with Crippen LogP contribution in [0.4, 0.5) is 0 Å². The van der Waals surface area contributed by atoms with Crippen molar-refractivity contribution in [3.63, 3.8) is 0 Å². The van der Waals surface area contributed by atoms with E-state index in [9.17, 15) is 5.11 Å². The van der Waals surface area contributed by atoms with Gasteiger partial charge in [-0.3, -0.25) is 0 Å². The largest absolute Gasteiger partial charge is 0.393 e. The van der Waals surface area contributed by atoms with Gasteiger partial charge >= 0.3 is 0 Å². The Hall–Kier alpha value is -0.0800. The van der Waals surface area contributed by atoms with Crippen molar-refractivity contribution in [2.75, 3.05) is 6.61 Å². The van der Waals surface area contributed by atoms with Crippen LogP contribution in [-0.2, 0) is 0 Å². The van der Waals surface area contributed by atoms with Crippen LogP contribution < -0.4 is 0 Å². The molecule has 1 saturated carbocycles. The zero-order valence-corrected chi connectivity index (χ0v) is 6.67. The minimum Gasteiger partial charge on any atom is -0.393 e. The Morgan fingerprint density at radius 3 is 2.30 bits per heavy atom. The van der Waals surface area contributed by atoms with Crippen LogP contribution in [0.15, 0.2) is 0 Å². The van der Waals surface area contributed by atoms with Crippen LogP contribution in [-0.4, -0.2) is 22.4 Å². The molecular formula is C8H16O2. The van der Waals surface area contributed by atoms with Crippen molar-refractivity contribution < 1.29 is 10.2 Å². The van der Waals surface area contributed by atoms with Gasteiger partial charge in [-0.1, -0.05) is 13.8 Å². The summed E-state index contributed by atoms with van der Waals surface area (Å²) in [7, 11) is 0. The monoisotopic (exact) mass is 144 g/mol. The Bertz CT molecular complexity index is 114. The molecule has 1 aliphatic rings. The summed E-state index contributed by atoms with van der Waals surface area (Å²) >= 11 is 0. The van der Waals surface area contributed by atoms with Gasteiger partial charge in [-0.15, -0.1) is 0 Å². The Labute approximate surface area is 61.9 Å². The quantitative estimate of drug-likeness (QED) is 0.601. The molecule has 0 amide bonds. The second kappa shape index (κ2) is 2.51. The predicted octanol–water partition coefficient (Wildman–Crippen LogP) is 0.776. The lowest BCUT2D eigenvalue weighted by atomic mass is 9.67. The fraction of sp³-hybridized carbons (Fsp3) is 1.00.